The minimum Gasteiger partial charge on any atom is -0.513 e. The Morgan fingerprint density at radius 1 is 1.03 bits per heavy atom. The van der Waals surface area contributed by atoms with Crippen molar-refractivity contribution in [3.8, 4) is 11.8 Å². The molecule has 0 saturated heterocycles. The average molecular weight is 460 g/mol. The van der Waals surface area contributed by atoms with E-state index in [9.17, 15) is 13.5 Å². The Morgan fingerprint density at radius 3 is 2.56 bits per heavy atom. The summed E-state index contributed by atoms with van der Waals surface area (Å²) in [4.78, 5) is 5.09. The van der Waals surface area contributed by atoms with Gasteiger partial charge in [-0.2, -0.15) is 0 Å². The lowest BCUT2D eigenvalue weighted by molar-refractivity contribution is 0.342. The second kappa shape index (κ2) is 9.39. The lowest BCUT2D eigenvalue weighted by Gasteiger charge is -2.15. The van der Waals surface area contributed by atoms with Gasteiger partial charge in [0.2, 0.25) is 0 Å². The van der Waals surface area contributed by atoms with Crippen LogP contribution in [0.3, 0.4) is 0 Å². The van der Waals surface area contributed by atoms with E-state index in [0.717, 1.165) is 33.4 Å². The van der Waals surface area contributed by atoms with Crippen molar-refractivity contribution in [3.05, 3.63) is 107 Å². The Balaban J connectivity index is 1.52. The van der Waals surface area contributed by atoms with Crippen LogP contribution in [0.15, 0.2) is 95.5 Å². The maximum Gasteiger partial charge on any atom is 0.188 e. The summed E-state index contributed by atoms with van der Waals surface area (Å²) in [6.07, 6.45) is 2.05. The van der Waals surface area contributed by atoms with Crippen molar-refractivity contribution < 1.29 is 13.5 Å². The zero-order chi connectivity index (χ0) is 22.6. The van der Waals surface area contributed by atoms with Gasteiger partial charge < -0.3 is 5.11 Å². The van der Waals surface area contributed by atoms with Gasteiger partial charge >= 0.3 is 0 Å². The van der Waals surface area contributed by atoms with Crippen molar-refractivity contribution in [2.45, 2.75) is 10.6 Å². The summed E-state index contributed by atoms with van der Waals surface area (Å²) in [5.74, 6) is 5.03. The Morgan fingerprint density at radius 2 is 1.78 bits per heavy atom. The highest BCUT2D eigenvalue weighted by Crippen LogP contribution is 2.27. The van der Waals surface area contributed by atoms with Crippen molar-refractivity contribution in [1.29, 1.82) is 0 Å². The molecule has 2 heterocycles. The lowest BCUT2D eigenvalue weighted by Crippen LogP contribution is -2.19. The van der Waals surface area contributed by atoms with Crippen molar-refractivity contribution in [2.75, 3.05) is 5.75 Å². The number of allylic oxidation sites excluding steroid dienone is 1. The van der Waals surface area contributed by atoms with E-state index in [1.165, 1.54) is 0 Å². The van der Waals surface area contributed by atoms with Crippen LogP contribution in [0.1, 0.15) is 16.0 Å². The number of aliphatic hydroxyl groups excluding tert-OH is 1. The molecule has 0 bridgehead atoms. The molecule has 2 aromatic heterocycles. The second-order valence-electron chi connectivity index (χ2n) is 7.44. The molecule has 1 atom stereocenters. The molecule has 0 unspecified atom stereocenters. The first kappa shape index (κ1) is 21.8. The first-order chi connectivity index (χ1) is 15.4. The number of rotatable bonds is 6. The summed E-state index contributed by atoms with van der Waals surface area (Å²) in [5, 5.41) is 11.1. The van der Waals surface area contributed by atoms with E-state index in [2.05, 4.69) is 23.4 Å². The number of aromatic nitrogens is 1. The molecule has 4 aromatic rings. The van der Waals surface area contributed by atoms with E-state index in [1.807, 2.05) is 60.7 Å². The lowest BCUT2D eigenvalue weighted by atomic mass is 10.00. The number of para-hydroxylation sites is 1. The van der Waals surface area contributed by atoms with Gasteiger partial charge in [-0.25, -0.2) is 8.42 Å². The summed E-state index contributed by atoms with van der Waals surface area (Å²) in [7, 11) is -3.62. The molecule has 2 aromatic carbocycles. The molecular formula is C26H21NO3S2. The number of fused-ring (bicyclic) bond motifs is 1. The Bertz CT molecular complexity index is 1430. The summed E-state index contributed by atoms with van der Waals surface area (Å²) < 4.78 is 26.3. The van der Waals surface area contributed by atoms with Gasteiger partial charge in [0, 0.05) is 23.1 Å². The number of hydrogen-bond acceptors (Lipinski definition) is 5. The monoisotopic (exact) mass is 459 g/mol. The number of hydrogen-bond donors (Lipinski definition) is 1. The van der Waals surface area contributed by atoms with Crippen LogP contribution < -0.4 is 0 Å². The molecular weight excluding hydrogens is 438 g/mol. The molecule has 4 nitrogen and oxygen atoms in total. The van der Waals surface area contributed by atoms with Gasteiger partial charge in [0.1, 0.15) is 4.21 Å². The summed E-state index contributed by atoms with van der Waals surface area (Å²) in [6, 6.07) is 22.5. The van der Waals surface area contributed by atoms with E-state index in [4.69, 9.17) is 0 Å². The number of nitrogens with zero attached hydrogens (tertiary/aromatic N) is 1. The van der Waals surface area contributed by atoms with Crippen molar-refractivity contribution in [3.63, 3.8) is 0 Å². The Kier molecular flexibility index (Phi) is 6.40. The van der Waals surface area contributed by atoms with E-state index in [0.29, 0.717) is 11.3 Å². The molecule has 0 aliphatic carbocycles. The smallest absolute Gasteiger partial charge is 0.188 e. The molecule has 0 saturated carbocycles. The van der Waals surface area contributed by atoms with Gasteiger partial charge in [-0.1, -0.05) is 54.8 Å². The maximum absolute atomic E-state index is 13.0. The fourth-order valence-electron chi connectivity index (χ4n) is 3.34. The van der Waals surface area contributed by atoms with Crippen LogP contribution in [0, 0.1) is 17.8 Å². The van der Waals surface area contributed by atoms with E-state index in [-0.39, 0.29) is 15.7 Å². The zero-order valence-electron chi connectivity index (χ0n) is 17.2. The molecule has 0 spiro atoms. The minimum absolute atomic E-state index is 0.151. The molecule has 0 amide bonds. The molecule has 0 fully saturated rings. The summed E-state index contributed by atoms with van der Waals surface area (Å²) in [6.45, 7) is 3.61. The fraction of sp³-hybridized carbons (Fsp3) is 0.115. The predicted molar refractivity (Wildman–Crippen MR) is 129 cm³/mol. The number of benzene rings is 2. The molecule has 1 N–H and O–H groups in total. The van der Waals surface area contributed by atoms with Gasteiger partial charge in [-0.05, 0) is 48.4 Å². The van der Waals surface area contributed by atoms with Crippen LogP contribution in [0.2, 0.25) is 0 Å². The van der Waals surface area contributed by atoms with Gasteiger partial charge in [0.15, 0.2) is 9.84 Å². The normalized spacial score (nSPS) is 12.1. The quantitative estimate of drug-likeness (QED) is 0.310. The zero-order valence-corrected chi connectivity index (χ0v) is 18.9. The highest BCUT2D eigenvalue weighted by Gasteiger charge is 2.25. The predicted octanol–water partition coefficient (Wildman–Crippen LogP) is 5.40. The van der Waals surface area contributed by atoms with Gasteiger partial charge in [0.05, 0.1) is 21.9 Å². The molecule has 4 rings (SSSR count). The molecule has 32 heavy (non-hydrogen) atoms. The molecule has 0 aliphatic rings. The van der Waals surface area contributed by atoms with E-state index in [1.54, 1.807) is 18.3 Å². The maximum atomic E-state index is 13.0. The Hall–Kier alpha value is -3.40. The van der Waals surface area contributed by atoms with Crippen molar-refractivity contribution >= 4 is 32.1 Å². The highest BCUT2D eigenvalue weighted by atomic mass is 32.2. The van der Waals surface area contributed by atoms with Gasteiger partial charge in [0.25, 0.3) is 0 Å². The molecule has 160 valence electrons. The highest BCUT2D eigenvalue weighted by molar-refractivity contribution is 7.93. The molecule has 0 aliphatic heterocycles. The number of pyridine rings is 1. The van der Waals surface area contributed by atoms with Crippen molar-refractivity contribution in [2.24, 2.45) is 5.92 Å². The standard InChI is InChI=1S/C26H21NO3S2/c1-19(28)23(16-21-15-22-9-5-6-10-25(22)27-17-21)18-32(29,30)26-14-13-24(31-26)12-11-20-7-3-2-4-8-20/h2-10,13-15,17,23,28H,1,16,18H2/t23-/m1/s1. The minimum atomic E-state index is -3.62. The first-order valence-corrected chi connectivity index (χ1v) is 12.5. The van der Waals surface area contributed by atoms with Gasteiger partial charge in [-0.3, -0.25) is 4.98 Å². The van der Waals surface area contributed by atoms with Crippen LogP contribution in [0.4, 0.5) is 0 Å². The third-order valence-electron chi connectivity index (χ3n) is 5.01. The van der Waals surface area contributed by atoms with Crippen LogP contribution in [0.5, 0.6) is 0 Å². The summed E-state index contributed by atoms with van der Waals surface area (Å²) >= 11 is 1.14. The van der Waals surface area contributed by atoms with E-state index >= 15 is 0 Å². The van der Waals surface area contributed by atoms with Crippen LogP contribution in [-0.4, -0.2) is 24.3 Å². The number of aliphatic hydroxyl groups is 1. The van der Waals surface area contributed by atoms with Crippen LogP contribution >= 0.6 is 11.3 Å². The summed E-state index contributed by atoms with van der Waals surface area (Å²) in [5.41, 5.74) is 2.58. The third-order valence-corrected chi connectivity index (χ3v) is 8.41. The number of sulfone groups is 1. The van der Waals surface area contributed by atoms with Crippen LogP contribution in [0.25, 0.3) is 10.9 Å². The average Bonchev–Trinajstić information content (AvgIpc) is 3.28. The topological polar surface area (TPSA) is 67.3 Å². The Labute approximate surface area is 191 Å². The SMILES string of the molecule is C=C(O)[C@H](Cc1cnc2ccccc2c1)CS(=O)(=O)c1ccc(C#Cc2ccccc2)s1. The fourth-order valence-corrected chi connectivity index (χ4v) is 6.19. The first-order valence-electron chi connectivity index (χ1n) is 10.0. The molecule has 0 radical (unpaired) electrons. The largest absolute Gasteiger partial charge is 0.513 e. The number of thiophene rings is 1. The molecule has 6 heteroatoms. The van der Waals surface area contributed by atoms with Gasteiger partial charge in [-0.15, -0.1) is 11.3 Å². The third kappa shape index (κ3) is 5.25. The van der Waals surface area contributed by atoms with Crippen LogP contribution in [-0.2, 0) is 16.3 Å². The van der Waals surface area contributed by atoms with E-state index < -0.39 is 15.8 Å². The second-order valence-corrected chi connectivity index (χ2v) is 10.8. The van der Waals surface area contributed by atoms with Crippen molar-refractivity contribution in [1.82, 2.24) is 4.98 Å².